The number of hydrogen-bond acceptors (Lipinski definition) is 4. The summed E-state index contributed by atoms with van der Waals surface area (Å²) in [5.74, 6) is -0.0833. The first-order valence-electron chi connectivity index (χ1n) is 9.13. The Labute approximate surface area is 160 Å². The summed E-state index contributed by atoms with van der Waals surface area (Å²) in [5, 5.41) is 14.2. The molecule has 0 unspecified atom stereocenters. The van der Waals surface area contributed by atoms with Crippen molar-refractivity contribution in [3.05, 3.63) is 23.5 Å². The fraction of sp³-hybridized carbons (Fsp3) is 0.611. The van der Waals surface area contributed by atoms with Gasteiger partial charge in [-0.3, -0.25) is 9.78 Å². The zero-order valence-corrected chi connectivity index (χ0v) is 15.6. The maximum atomic E-state index is 13.2. The molecule has 2 amide bonds. The molecule has 1 aromatic heterocycles. The lowest BCUT2D eigenvalue weighted by molar-refractivity contribution is -0.141. The summed E-state index contributed by atoms with van der Waals surface area (Å²) in [7, 11) is 0. The van der Waals surface area contributed by atoms with Gasteiger partial charge in [0.15, 0.2) is 0 Å². The number of rotatable bonds is 5. The third-order valence-electron chi connectivity index (χ3n) is 5.33. The standard InChI is InChI=1S/C18H23F3N4O3/c1-10(11-3-4-11)23-15(26)12-8-22-14(18(19,20)21)7-13(12)25-6-5-17(2,9-25)24-16(27)28/h7-8,10-11,24H,3-6,9H2,1-2H3,(H,23,26)(H,27,28)/t10-,17-/m0/s1. The van der Waals surface area contributed by atoms with Gasteiger partial charge in [-0.2, -0.15) is 13.2 Å². The summed E-state index contributed by atoms with van der Waals surface area (Å²) in [6.45, 7) is 4.02. The average Bonchev–Trinajstić information content (AvgIpc) is 3.36. The van der Waals surface area contributed by atoms with Crippen LogP contribution in [0.1, 0.15) is 49.2 Å². The molecule has 1 aliphatic carbocycles. The predicted octanol–water partition coefficient (Wildman–Crippen LogP) is 2.87. The highest BCUT2D eigenvalue weighted by molar-refractivity contribution is 5.99. The number of amides is 2. The van der Waals surface area contributed by atoms with E-state index in [-0.39, 0.29) is 23.8 Å². The highest BCUT2D eigenvalue weighted by atomic mass is 19.4. The van der Waals surface area contributed by atoms with Gasteiger partial charge < -0.3 is 20.6 Å². The van der Waals surface area contributed by atoms with E-state index >= 15 is 0 Å². The van der Waals surface area contributed by atoms with Crippen LogP contribution in [0.5, 0.6) is 0 Å². The van der Waals surface area contributed by atoms with E-state index in [0.717, 1.165) is 25.1 Å². The molecular weight excluding hydrogens is 377 g/mol. The van der Waals surface area contributed by atoms with Gasteiger partial charge >= 0.3 is 12.3 Å². The van der Waals surface area contributed by atoms with E-state index < -0.39 is 29.4 Å². The Bertz CT molecular complexity index is 782. The lowest BCUT2D eigenvalue weighted by Crippen LogP contribution is -2.47. The molecule has 7 nitrogen and oxygen atoms in total. The molecule has 2 fully saturated rings. The number of nitrogens with zero attached hydrogens (tertiary/aromatic N) is 2. The van der Waals surface area contributed by atoms with Crippen LogP contribution in [0.2, 0.25) is 0 Å². The van der Waals surface area contributed by atoms with Crippen molar-refractivity contribution in [2.75, 3.05) is 18.0 Å². The number of nitrogens with one attached hydrogen (secondary N) is 2. The first-order valence-corrected chi connectivity index (χ1v) is 9.13. The number of anilines is 1. The number of halogens is 3. The molecule has 3 rings (SSSR count). The van der Waals surface area contributed by atoms with Crippen molar-refractivity contribution in [2.45, 2.75) is 50.9 Å². The van der Waals surface area contributed by atoms with Crippen molar-refractivity contribution in [3.8, 4) is 0 Å². The minimum absolute atomic E-state index is 0.0556. The van der Waals surface area contributed by atoms with Crippen LogP contribution in [-0.4, -0.2) is 46.8 Å². The van der Waals surface area contributed by atoms with Gasteiger partial charge in [-0.25, -0.2) is 4.79 Å². The van der Waals surface area contributed by atoms with Crippen molar-refractivity contribution >= 4 is 17.7 Å². The first kappa shape index (κ1) is 20.2. The molecule has 2 atom stereocenters. The van der Waals surface area contributed by atoms with Gasteiger partial charge in [-0.05, 0) is 45.1 Å². The molecule has 28 heavy (non-hydrogen) atoms. The highest BCUT2D eigenvalue weighted by Gasteiger charge is 2.39. The van der Waals surface area contributed by atoms with Crippen LogP contribution < -0.4 is 15.5 Å². The Morgan fingerprint density at radius 3 is 2.64 bits per heavy atom. The zero-order valence-electron chi connectivity index (χ0n) is 15.6. The summed E-state index contributed by atoms with van der Waals surface area (Å²) in [5.41, 5.74) is -1.74. The fourth-order valence-electron chi connectivity index (χ4n) is 3.56. The van der Waals surface area contributed by atoms with Gasteiger partial charge in [0, 0.05) is 25.3 Å². The molecule has 0 spiro atoms. The lowest BCUT2D eigenvalue weighted by Gasteiger charge is -2.27. The Morgan fingerprint density at radius 1 is 1.39 bits per heavy atom. The van der Waals surface area contributed by atoms with Crippen LogP contribution in [0.25, 0.3) is 0 Å². The second-order valence-corrected chi connectivity index (χ2v) is 7.85. The van der Waals surface area contributed by atoms with Crippen molar-refractivity contribution in [2.24, 2.45) is 5.92 Å². The molecule has 1 saturated carbocycles. The van der Waals surface area contributed by atoms with E-state index in [4.69, 9.17) is 5.11 Å². The molecule has 154 valence electrons. The van der Waals surface area contributed by atoms with Crippen LogP contribution in [0.4, 0.5) is 23.7 Å². The second-order valence-electron chi connectivity index (χ2n) is 7.85. The van der Waals surface area contributed by atoms with Crippen LogP contribution in [0, 0.1) is 5.92 Å². The number of pyridine rings is 1. The Balaban J connectivity index is 1.90. The Morgan fingerprint density at radius 2 is 2.07 bits per heavy atom. The van der Waals surface area contributed by atoms with E-state index in [0.29, 0.717) is 18.9 Å². The number of hydrogen-bond donors (Lipinski definition) is 3. The van der Waals surface area contributed by atoms with Gasteiger partial charge in [-0.15, -0.1) is 0 Å². The Kier molecular flexibility index (Phi) is 5.16. The highest BCUT2D eigenvalue weighted by Crippen LogP contribution is 2.36. The molecule has 10 heteroatoms. The monoisotopic (exact) mass is 400 g/mol. The maximum Gasteiger partial charge on any atom is 0.433 e. The molecular formula is C18H23F3N4O3. The molecule has 0 bridgehead atoms. The molecule has 2 heterocycles. The molecule has 0 aromatic carbocycles. The number of aromatic nitrogens is 1. The van der Waals surface area contributed by atoms with E-state index in [1.54, 1.807) is 11.8 Å². The van der Waals surface area contributed by atoms with Crippen LogP contribution in [0.3, 0.4) is 0 Å². The summed E-state index contributed by atoms with van der Waals surface area (Å²) < 4.78 is 39.5. The lowest BCUT2D eigenvalue weighted by atomic mass is 10.0. The number of carbonyl (C=O) groups excluding carboxylic acids is 1. The zero-order chi connectivity index (χ0) is 20.7. The van der Waals surface area contributed by atoms with Gasteiger partial charge in [0.05, 0.1) is 16.8 Å². The summed E-state index contributed by atoms with van der Waals surface area (Å²) in [4.78, 5) is 28.7. The van der Waals surface area contributed by atoms with Crippen molar-refractivity contribution in [3.63, 3.8) is 0 Å². The van der Waals surface area contributed by atoms with Crippen molar-refractivity contribution in [1.29, 1.82) is 0 Å². The van der Waals surface area contributed by atoms with Crippen molar-refractivity contribution in [1.82, 2.24) is 15.6 Å². The minimum atomic E-state index is -4.65. The van der Waals surface area contributed by atoms with E-state index in [2.05, 4.69) is 15.6 Å². The molecule has 0 radical (unpaired) electrons. The largest absolute Gasteiger partial charge is 0.465 e. The van der Waals surface area contributed by atoms with E-state index in [1.807, 2.05) is 6.92 Å². The SMILES string of the molecule is C[C@H](NC(=O)c1cnc(C(F)(F)F)cc1N1CC[C@](C)(NC(=O)O)C1)C1CC1. The summed E-state index contributed by atoms with van der Waals surface area (Å²) in [6, 6.07) is 0.795. The van der Waals surface area contributed by atoms with Gasteiger partial charge in [0.2, 0.25) is 0 Å². The van der Waals surface area contributed by atoms with E-state index in [9.17, 15) is 22.8 Å². The summed E-state index contributed by atoms with van der Waals surface area (Å²) in [6.07, 6.45) is -2.45. The van der Waals surface area contributed by atoms with E-state index in [1.165, 1.54) is 0 Å². The fourth-order valence-corrected chi connectivity index (χ4v) is 3.56. The molecule has 1 aliphatic heterocycles. The first-order chi connectivity index (χ1) is 13.0. The minimum Gasteiger partial charge on any atom is -0.465 e. The van der Waals surface area contributed by atoms with Gasteiger partial charge in [0.25, 0.3) is 5.91 Å². The normalized spacial score (nSPS) is 23.4. The number of alkyl halides is 3. The third kappa shape index (κ3) is 4.48. The maximum absolute atomic E-state index is 13.2. The van der Waals surface area contributed by atoms with Gasteiger partial charge in [-0.1, -0.05) is 0 Å². The van der Waals surface area contributed by atoms with Gasteiger partial charge in [0.1, 0.15) is 5.69 Å². The van der Waals surface area contributed by atoms with Crippen LogP contribution in [-0.2, 0) is 6.18 Å². The topological polar surface area (TPSA) is 94.6 Å². The average molecular weight is 400 g/mol. The van der Waals surface area contributed by atoms with Crippen LogP contribution in [0.15, 0.2) is 12.3 Å². The predicted molar refractivity (Wildman–Crippen MR) is 95.3 cm³/mol. The smallest absolute Gasteiger partial charge is 0.433 e. The second kappa shape index (κ2) is 7.14. The Hall–Kier alpha value is -2.52. The molecule has 1 aromatic rings. The van der Waals surface area contributed by atoms with Crippen LogP contribution >= 0.6 is 0 Å². The molecule has 1 saturated heterocycles. The number of carbonyl (C=O) groups is 2. The van der Waals surface area contributed by atoms with Crippen molar-refractivity contribution < 1.29 is 27.9 Å². The summed E-state index contributed by atoms with van der Waals surface area (Å²) >= 11 is 0. The number of carboxylic acid groups (broad SMARTS) is 1. The molecule has 3 N–H and O–H groups in total. The molecule has 2 aliphatic rings. The quantitative estimate of drug-likeness (QED) is 0.707. The third-order valence-corrected chi connectivity index (χ3v) is 5.33.